The minimum atomic E-state index is -1.00. The van der Waals surface area contributed by atoms with E-state index in [4.69, 9.17) is 9.84 Å². The molecule has 130 valence electrons. The van der Waals surface area contributed by atoms with Crippen LogP contribution in [-0.4, -0.2) is 17.0 Å². The molecular formula is C19H30O4. The van der Waals surface area contributed by atoms with Gasteiger partial charge in [-0.1, -0.05) is 41.0 Å². The van der Waals surface area contributed by atoms with Crippen molar-refractivity contribution in [2.24, 2.45) is 10.8 Å². The molecule has 0 aromatic heterocycles. The summed E-state index contributed by atoms with van der Waals surface area (Å²) in [6.45, 7) is 14.5. The summed E-state index contributed by atoms with van der Waals surface area (Å²) in [5, 5.41) is 8.72. The number of hydrogen-bond donors (Lipinski definition) is 1. The van der Waals surface area contributed by atoms with Crippen molar-refractivity contribution >= 4 is 11.9 Å². The molecule has 0 saturated heterocycles. The quantitative estimate of drug-likeness (QED) is 0.613. The Labute approximate surface area is 139 Å². The Morgan fingerprint density at radius 1 is 0.957 bits per heavy atom. The van der Waals surface area contributed by atoms with Gasteiger partial charge in [0.2, 0.25) is 0 Å². The summed E-state index contributed by atoms with van der Waals surface area (Å²) in [7, 11) is 0. The van der Waals surface area contributed by atoms with Crippen molar-refractivity contribution in [2.75, 3.05) is 0 Å². The lowest BCUT2D eigenvalue weighted by Gasteiger charge is -2.19. The fourth-order valence-corrected chi connectivity index (χ4v) is 1.06. The molecule has 0 aliphatic rings. The highest BCUT2D eigenvalue weighted by Gasteiger charge is 2.27. The Bertz CT molecular complexity index is 507. The molecule has 0 aliphatic heterocycles. The van der Waals surface area contributed by atoms with E-state index in [0.717, 1.165) is 0 Å². The lowest BCUT2D eigenvalue weighted by atomic mass is 9.91. The molecule has 1 aromatic carbocycles. The standard InChI is InChI=1S/C13H16O4.C6H14/c1-4-13(2,3)12(16)17-10-7-5-9(6-8-10)11(14)15;1-5-6(2,3)4/h5-8H,4H2,1-3H3,(H,14,15);5H2,1-4H3. The van der Waals surface area contributed by atoms with Gasteiger partial charge < -0.3 is 9.84 Å². The fourth-order valence-electron chi connectivity index (χ4n) is 1.06. The van der Waals surface area contributed by atoms with Gasteiger partial charge >= 0.3 is 11.9 Å². The number of aromatic carboxylic acids is 1. The summed E-state index contributed by atoms with van der Waals surface area (Å²) < 4.78 is 5.17. The van der Waals surface area contributed by atoms with Crippen molar-refractivity contribution < 1.29 is 19.4 Å². The number of carboxylic acids is 1. The van der Waals surface area contributed by atoms with Crippen LogP contribution in [0.2, 0.25) is 0 Å². The Kier molecular flexibility index (Phi) is 8.01. The van der Waals surface area contributed by atoms with Crippen LogP contribution < -0.4 is 4.74 Å². The molecule has 0 bridgehead atoms. The Morgan fingerprint density at radius 3 is 1.70 bits per heavy atom. The highest BCUT2D eigenvalue weighted by Crippen LogP contribution is 2.23. The number of benzene rings is 1. The molecule has 1 rings (SSSR count). The second-order valence-electron chi connectivity index (χ2n) is 7.37. The third kappa shape index (κ3) is 8.38. The van der Waals surface area contributed by atoms with Gasteiger partial charge in [0.05, 0.1) is 11.0 Å². The zero-order valence-electron chi connectivity index (χ0n) is 15.4. The van der Waals surface area contributed by atoms with Crippen LogP contribution in [0.15, 0.2) is 24.3 Å². The number of carbonyl (C=O) groups is 2. The van der Waals surface area contributed by atoms with Gasteiger partial charge in [0, 0.05) is 0 Å². The van der Waals surface area contributed by atoms with Crippen LogP contribution in [0.4, 0.5) is 0 Å². The minimum Gasteiger partial charge on any atom is -0.478 e. The molecule has 1 aromatic rings. The first-order valence-electron chi connectivity index (χ1n) is 7.98. The van der Waals surface area contributed by atoms with Crippen molar-refractivity contribution in [3.05, 3.63) is 29.8 Å². The van der Waals surface area contributed by atoms with Crippen LogP contribution in [-0.2, 0) is 4.79 Å². The molecule has 1 N–H and O–H groups in total. The van der Waals surface area contributed by atoms with E-state index in [1.165, 1.54) is 30.7 Å². The smallest absolute Gasteiger partial charge is 0.335 e. The lowest BCUT2D eigenvalue weighted by Crippen LogP contribution is -2.28. The molecule has 23 heavy (non-hydrogen) atoms. The number of rotatable bonds is 4. The third-order valence-electron chi connectivity index (χ3n) is 3.81. The fraction of sp³-hybridized carbons (Fsp3) is 0.579. The van der Waals surface area contributed by atoms with Crippen molar-refractivity contribution in [3.8, 4) is 5.75 Å². The second-order valence-corrected chi connectivity index (χ2v) is 7.37. The largest absolute Gasteiger partial charge is 0.478 e. The second kappa shape index (κ2) is 8.70. The molecule has 0 amide bonds. The van der Waals surface area contributed by atoms with Gasteiger partial charge in [0.1, 0.15) is 5.75 Å². The van der Waals surface area contributed by atoms with Crippen molar-refractivity contribution in [1.82, 2.24) is 0 Å². The average molecular weight is 322 g/mol. The maximum Gasteiger partial charge on any atom is 0.335 e. The summed E-state index contributed by atoms with van der Waals surface area (Å²) in [5.74, 6) is -0.957. The van der Waals surface area contributed by atoms with Crippen LogP contribution >= 0.6 is 0 Å². The van der Waals surface area contributed by atoms with E-state index in [1.54, 1.807) is 13.8 Å². The zero-order chi connectivity index (χ0) is 18.3. The lowest BCUT2D eigenvalue weighted by molar-refractivity contribution is -0.144. The highest BCUT2D eigenvalue weighted by molar-refractivity contribution is 5.87. The van der Waals surface area contributed by atoms with Crippen LogP contribution in [0.5, 0.6) is 5.75 Å². The first-order valence-corrected chi connectivity index (χ1v) is 7.98. The summed E-state index contributed by atoms with van der Waals surface area (Å²) in [4.78, 5) is 22.4. The van der Waals surface area contributed by atoms with Gasteiger partial charge in [0.15, 0.2) is 0 Å². The van der Waals surface area contributed by atoms with E-state index in [0.29, 0.717) is 17.6 Å². The van der Waals surface area contributed by atoms with Crippen LogP contribution in [0.3, 0.4) is 0 Å². The van der Waals surface area contributed by atoms with Crippen molar-refractivity contribution in [1.29, 1.82) is 0 Å². The molecule has 0 saturated carbocycles. The molecule has 0 fully saturated rings. The number of ether oxygens (including phenoxy) is 1. The van der Waals surface area contributed by atoms with Crippen LogP contribution in [0.25, 0.3) is 0 Å². The van der Waals surface area contributed by atoms with Gasteiger partial charge in [-0.05, 0) is 49.9 Å². The van der Waals surface area contributed by atoms with E-state index >= 15 is 0 Å². The maximum absolute atomic E-state index is 11.7. The first kappa shape index (κ1) is 21.2. The number of carboxylic acid groups (broad SMARTS) is 1. The SMILES string of the molecule is CCC(C)(C)C.CCC(C)(C)C(=O)Oc1ccc(C(=O)O)cc1. The van der Waals surface area contributed by atoms with E-state index in [1.807, 2.05) is 6.92 Å². The Morgan fingerprint density at radius 2 is 1.39 bits per heavy atom. The highest BCUT2D eigenvalue weighted by atomic mass is 16.5. The molecule has 0 heterocycles. The van der Waals surface area contributed by atoms with Gasteiger partial charge in [-0.15, -0.1) is 0 Å². The van der Waals surface area contributed by atoms with Gasteiger partial charge in [0.25, 0.3) is 0 Å². The summed E-state index contributed by atoms with van der Waals surface area (Å²) >= 11 is 0. The summed E-state index contributed by atoms with van der Waals surface area (Å²) in [6, 6.07) is 5.77. The summed E-state index contributed by atoms with van der Waals surface area (Å²) in [6.07, 6.45) is 1.95. The number of hydrogen-bond acceptors (Lipinski definition) is 3. The molecular weight excluding hydrogens is 292 g/mol. The van der Waals surface area contributed by atoms with Crippen LogP contribution in [0, 0.1) is 10.8 Å². The Hall–Kier alpha value is -1.84. The monoisotopic (exact) mass is 322 g/mol. The normalized spacial score (nSPS) is 11.3. The molecule has 0 aliphatic carbocycles. The van der Waals surface area contributed by atoms with E-state index in [9.17, 15) is 9.59 Å². The molecule has 0 spiro atoms. The van der Waals surface area contributed by atoms with Gasteiger partial charge in [-0.25, -0.2) is 4.79 Å². The van der Waals surface area contributed by atoms with Crippen molar-refractivity contribution in [2.45, 2.75) is 61.3 Å². The zero-order valence-corrected chi connectivity index (χ0v) is 15.4. The maximum atomic E-state index is 11.7. The summed E-state index contributed by atoms with van der Waals surface area (Å²) in [5.41, 5.74) is 0.172. The van der Waals surface area contributed by atoms with Gasteiger partial charge in [-0.3, -0.25) is 4.79 Å². The topological polar surface area (TPSA) is 63.6 Å². The van der Waals surface area contributed by atoms with Crippen LogP contribution in [0.1, 0.15) is 71.7 Å². The molecule has 0 atom stereocenters. The number of esters is 1. The molecule has 4 heteroatoms. The average Bonchev–Trinajstić information content (AvgIpc) is 2.47. The Balaban J connectivity index is 0.000000688. The van der Waals surface area contributed by atoms with E-state index < -0.39 is 11.4 Å². The van der Waals surface area contributed by atoms with E-state index in [-0.39, 0.29) is 11.5 Å². The molecule has 4 nitrogen and oxygen atoms in total. The predicted octanol–water partition coefficient (Wildman–Crippen LogP) is 5.17. The first-order chi connectivity index (χ1) is 10.4. The number of carbonyl (C=O) groups excluding carboxylic acids is 1. The third-order valence-corrected chi connectivity index (χ3v) is 3.81. The van der Waals surface area contributed by atoms with Gasteiger partial charge in [-0.2, -0.15) is 0 Å². The molecule has 0 radical (unpaired) electrons. The van der Waals surface area contributed by atoms with E-state index in [2.05, 4.69) is 27.7 Å². The minimum absolute atomic E-state index is 0.166. The predicted molar refractivity (Wildman–Crippen MR) is 92.9 cm³/mol. The van der Waals surface area contributed by atoms with Crippen molar-refractivity contribution in [3.63, 3.8) is 0 Å². The molecule has 0 unspecified atom stereocenters.